The molecule has 0 aromatic carbocycles. The van der Waals surface area contributed by atoms with Crippen LogP contribution in [0.25, 0.3) is 0 Å². The van der Waals surface area contributed by atoms with Gasteiger partial charge in [-0.15, -0.1) is 0 Å². The standard InChI is InChI=1S/C10H12O2/c1-3-10-5-4-9(2,12-10)6-8(11)7-10/h3-5H,1,6-7H2,2H3. The van der Waals surface area contributed by atoms with E-state index >= 15 is 0 Å². The highest BCUT2D eigenvalue weighted by molar-refractivity contribution is 5.83. The van der Waals surface area contributed by atoms with E-state index in [9.17, 15) is 4.79 Å². The Morgan fingerprint density at radius 2 is 2.33 bits per heavy atom. The SMILES string of the molecule is C=CC12C=CC(C)(CC(=O)C1)O2. The van der Waals surface area contributed by atoms with E-state index in [1.54, 1.807) is 6.08 Å². The molecule has 2 heterocycles. The summed E-state index contributed by atoms with van der Waals surface area (Å²) in [7, 11) is 0. The maximum absolute atomic E-state index is 11.3. The number of fused-ring (bicyclic) bond motifs is 2. The Balaban J connectivity index is 2.38. The molecule has 0 spiro atoms. The zero-order valence-electron chi connectivity index (χ0n) is 7.17. The molecule has 0 radical (unpaired) electrons. The number of carbonyl (C=O) groups excluding carboxylic acids is 1. The normalized spacial score (nSPS) is 44.9. The third kappa shape index (κ3) is 0.950. The van der Waals surface area contributed by atoms with Gasteiger partial charge in [-0.3, -0.25) is 4.79 Å². The van der Waals surface area contributed by atoms with Gasteiger partial charge in [-0.1, -0.05) is 18.7 Å². The summed E-state index contributed by atoms with van der Waals surface area (Å²) in [4.78, 5) is 11.3. The van der Waals surface area contributed by atoms with Crippen molar-refractivity contribution >= 4 is 5.78 Å². The average Bonchev–Trinajstić information content (AvgIpc) is 2.23. The minimum Gasteiger partial charge on any atom is -0.356 e. The maximum Gasteiger partial charge on any atom is 0.139 e. The van der Waals surface area contributed by atoms with Crippen molar-refractivity contribution in [3.8, 4) is 0 Å². The topological polar surface area (TPSA) is 26.3 Å². The molecule has 0 aliphatic carbocycles. The third-order valence-electron chi connectivity index (χ3n) is 2.51. The van der Waals surface area contributed by atoms with Gasteiger partial charge in [0.2, 0.25) is 0 Å². The van der Waals surface area contributed by atoms with Gasteiger partial charge in [-0.05, 0) is 13.0 Å². The highest BCUT2D eigenvalue weighted by Crippen LogP contribution is 2.41. The van der Waals surface area contributed by atoms with E-state index in [4.69, 9.17) is 4.74 Å². The van der Waals surface area contributed by atoms with Crippen LogP contribution in [-0.4, -0.2) is 17.0 Å². The van der Waals surface area contributed by atoms with Gasteiger partial charge in [0.15, 0.2) is 0 Å². The molecule has 0 aromatic heterocycles. The van der Waals surface area contributed by atoms with Crippen LogP contribution < -0.4 is 0 Å². The fourth-order valence-corrected chi connectivity index (χ4v) is 1.95. The van der Waals surface area contributed by atoms with Crippen LogP contribution in [0.15, 0.2) is 24.8 Å². The second-order valence-electron chi connectivity index (χ2n) is 3.80. The van der Waals surface area contributed by atoms with Crippen LogP contribution in [0.4, 0.5) is 0 Å². The Kier molecular flexibility index (Phi) is 1.34. The van der Waals surface area contributed by atoms with Crippen molar-refractivity contribution in [2.24, 2.45) is 0 Å². The van der Waals surface area contributed by atoms with Gasteiger partial charge in [-0.25, -0.2) is 0 Å². The molecule has 0 amide bonds. The smallest absolute Gasteiger partial charge is 0.139 e. The first-order valence-electron chi connectivity index (χ1n) is 4.13. The molecule has 1 saturated heterocycles. The molecule has 2 atom stereocenters. The Labute approximate surface area is 71.9 Å². The summed E-state index contributed by atoms with van der Waals surface area (Å²) in [6.45, 7) is 5.63. The minimum atomic E-state index is -0.496. The van der Waals surface area contributed by atoms with E-state index in [2.05, 4.69) is 6.58 Å². The Morgan fingerprint density at radius 3 is 3.00 bits per heavy atom. The van der Waals surface area contributed by atoms with E-state index in [-0.39, 0.29) is 11.4 Å². The molecule has 2 bridgehead atoms. The van der Waals surface area contributed by atoms with Crippen molar-refractivity contribution in [3.63, 3.8) is 0 Å². The number of carbonyl (C=O) groups is 1. The van der Waals surface area contributed by atoms with Gasteiger partial charge in [-0.2, -0.15) is 0 Å². The van der Waals surface area contributed by atoms with Crippen molar-refractivity contribution in [1.82, 2.24) is 0 Å². The van der Waals surface area contributed by atoms with Gasteiger partial charge in [0.25, 0.3) is 0 Å². The van der Waals surface area contributed by atoms with E-state index in [0.29, 0.717) is 12.8 Å². The number of Topliss-reactive ketones (excluding diaryl/α,β-unsaturated/α-hetero) is 1. The molecule has 2 heteroatoms. The summed E-state index contributed by atoms with van der Waals surface area (Å²) in [5, 5.41) is 0. The fraction of sp³-hybridized carbons (Fsp3) is 0.500. The molecule has 2 aliphatic rings. The lowest BCUT2D eigenvalue weighted by Gasteiger charge is -2.35. The van der Waals surface area contributed by atoms with E-state index < -0.39 is 5.60 Å². The minimum absolute atomic E-state index is 0.258. The Bertz CT molecular complexity index is 280. The Hall–Kier alpha value is -0.890. The molecule has 0 aromatic rings. The van der Waals surface area contributed by atoms with Gasteiger partial charge in [0, 0.05) is 12.8 Å². The summed E-state index contributed by atoms with van der Waals surface area (Å²) in [6.07, 6.45) is 6.58. The molecule has 1 fully saturated rings. The number of ketones is 1. The molecular weight excluding hydrogens is 152 g/mol. The molecule has 0 N–H and O–H groups in total. The van der Waals surface area contributed by atoms with Crippen LogP contribution in [0.3, 0.4) is 0 Å². The van der Waals surface area contributed by atoms with Crippen molar-refractivity contribution in [2.75, 3.05) is 0 Å². The van der Waals surface area contributed by atoms with E-state index in [1.165, 1.54) is 0 Å². The zero-order valence-corrected chi connectivity index (χ0v) is 7.17. The number of hydrogen-bond donors (Lipinski definition) is 0. The molecule has 0 saturated carbocycles. The first-order chi connectivity index (χ1) is 5.58. The lowest BCUT2D eigenvalue weighted by atomic mass is 9.91. The van der Waals surface area contributed by atoms with Crippen LogP contribution in [0.1, 0.15) is 19.8 Å². The van der Waals surface area contributed by atoms with Crippen LogP contribution >= 0.6 is 0 Å². The van der Waals surface area contributed by atoms with Crippen LogP contribution in [0, 0.1) is 0 Å². The fourth-order valence-electron chi connectivity index (χ4n) is 1.95. The quantitative estimate of drug-likeness (QED) is 0.550. The lowest BCUT2D eigenvalue weighted by Crippen LogP contribution is -2.42. The van der Waals surface area contributed by atoms with E-state index in [0.717, 1.165) is 0 Å². The first-order valence-corrected chi connectivity index (χ1v) is 4.13. The second kappa shape index (κ2) is 2.07. The molecule has 2 nitrogen and oxygen atoms in total. The second-order valence-corrected chi connectivity index (χ2v) is 3.80. The van der Waals surface area contributed by atoms with Crippen LogP contribution in [0.2, 0.25) is 0 Å². The highest BCUT2D eigenvalue weighted by Gasteiger charge is 2.47. The van der Waals surface area contributed by atoms with Gasteiger partial charge < -0.3 is 4.74 Å². The maximum atomic E-state index is 11.3. The largest absolute Gasteiger partial charge is 0.356 e. The van der Waals surface area contributed by atoms with Crippen molar-refractivity contribution < 1.29 is 9.53 Å². The van der Waals surface area contributed by atoms with Crippen molar-refractivity contribution in [1.29, 1.82) is 0 Å². The highest BCUT2D eigenvalue weighted by atomic mass is 16.5. The number of rotatable bonds is 1. The number of ether oxygens (including phenoxy) is 1. The molecule has 64 valence electrons. The van der Waals surface area contributed by atoms with Gasteiger partial charge in [0.05, 0.1) is 5.60 Å². The third-order valence-corrected chi connectivity index (χ3v) is 2.51. The van der Waals surface area contributed by atoms with Gasteiger partial charge in [0.1, 0.15) is 11.4 Å². The molecule has 2 rings (SSSR count). The van der Waals surface area contributed by atoms with Crippen molar-refractivity contribution in [2.45, 2.75) is 31.0 Å². The van der Waals surface area contributed by atoms with Crippen LogP contribution in [0.5, 0.6) is 0 Å². The molecular formula is C10H12O2. The molecule has 12 heavy (non-hydrogen) atoms. The summed E-state index contributed by atoms with van der Waals surface area (Å²) in [5.41, 5.74) is -0.867. The van der Waals surface area contributed by atoms with Crippen LogP contribution in [-0.2, 0) is 9.53 Å². The molecule has 2 aliphatic heterocycles. The first kappa shape index (κ1) is 7.74. The summed E-state index contributed by atoms with van der Waals surface area (Å²) in [5.74, 6) is 0.258. The lowest BCUT2D eigenvalue weighted by molar-refractivity contribution is -0.143. The summed E-state index contributed by atoms with van der Waals surface area (Å²) in [6, 6.07) is 0. The number of hydrogen-bond acceptors (Lipinski definition) is 2. The predicted octanol–water partition coefficient (Wildman–Crippen LogP) is 1.62. The molecule has 2 unspecified atom stereocenters. The van der Waals surface area contributed by atoms with Gasteiger partial charge >= 0.3 is 0 Å². The Morgan fingerprint density at radius 1 is 1.58 bits per heavy atom. The zero-order chi connectivity index (χ0) is 8.82. The average molecular weight is 164 g/mol. The predicted molar refractivity (Wildman–Crippen MR) is 45.8 cm³/mol. The summed E-state index contributed by atoms with van der Waals surface area (Å²) < 4.78 is 5.74. The van der Waals surface area contributed by atoms with E-state index in [1.807, 2.05) is 19.1 Å². The van der Waals surface area contributed by atoms with Crippen molar-refractivity contribution in [3.05, 3.63) is 24.8 Å². The monoisotopic (exact) mass is 164 g/mol. The summed E-state index contributed by atoms with van der Waals surface area (Å²) >= 11 is 0.